The van der Waals surface area contributed by atoms with Crippen molar-refractivity contribution in [3.63, 3.8) is 0 Å². The number of nitrogens with one attached hydrogen (secondary N) is 2. The van der Waals surface area contributed by atoms with Crippen LogP contribution in [0, 0.1) is 0 Å². The van der Waals surface area contributed by atoms with E-state index in [4.69, 9.17) is 15.2 Å². The molecule has 24 heavy (non-hydrogen) atoms. The van der Waals surface area contributed by atoms with Crippen molar-refractivity contribution in [1.82, 2.24) is 10.6 Å². The number of aliphatic imine (C=N–C) groups is 1. The first-order chi connectivity index (χ1) is 10.9. The maximum absolute atomic E-state index is 11.8. The number of hydrogen-bond donors (Lipinski definition) is 3. The van der Waals surface area contributed by atoms with Crippen LogP contribution < -0.4 is 16.4 Å². The lowest BCUT2D eigenvalue weighted by Crippen LogP contribution is -2.47. The third-order valence-electron chi connectivity index (χ3n) is 2.37. The standard InChI is InChI=1S/C16H32N4O4/c1-15(2,3)23-13(21)19-12(18-11-9-7-8-10-17)20-14(22)24-16(4,5)6/h7-11,17H2,1-6H3,(H2,18,19,20,21,22). The van der Waals surface area contributed by atoms with Crippen molar-refractivity contribution < 1.29 is 19.1 Å². The van der Waals surface area contributed by atoms with Crippen molar-refractivity contribution in [2.24, 2.45) is 10.7 Å². The quantitative estimate of drug-likeness (QED) is 0.403. The summed E-state index contributed by atoms with van der Waals surface area (Å²) < 4.78 is 10.3. The Morgan fingerprint density at radius 2 is 1.33 bits per heavy atom. The van der Waals surface area contributed by atoms with Gasteiger partial charge >= 0.3 is 12.2 Å². The number of unbranched alkanes of at least 4 members (excludes halogenated alkanes) is 2. The predicted molar refractivity (Wildman–Crippen MR) is 93.9 cm³/mol. The van der Waals surface area contributed by atoms with E-state index in [2.05, 4.69) is 15.6 Å². The molecule has 8 heteroatoms. The molecule has 0 atom stereocenters. The predicted octanol–water partition coefficient (Wildman–Crippen LogP) is 2.52. The molecule has 0 radical (unpaired) electrons. The minimum absolute atomic E-state index is 0.00579. The van der Waals surface area contributed by atoms with Gasteiger partial charge in [0.15, 0.2) is 0 Å². The number of guanidine groups is 1. The summed E-state index contributed by atoms with van der Waals surface area (Å²) in [5, 5.41) is 4.87. The van der Waals surface area contributed by atoms with Gasteiger partial charge in [-0.15, -0.1) is 0 Å². The molecule has 0 fully saturated rings. The molecule has 2 amide bonds. The van der Waals surface area contributed by atoms with Gasteiger partial charge in [-0.05, 0) is 60.9 Å². The second-order valence-electron chi connectivity index (χ2n) is 7.33. The molecule has 140 valence electrons. The second-order valence-corrected chi connectivity index (χ2v) is 7.33. The highest BCUT2D eigenvalue weighted by molar-refractivity contribution is 6.01. The van der Waals surface area contributed by atoms with E-state index in [9.17, 15) is 9.59 Å². The van der Waals surface area contributed by atoms with Gasteiger partial charge < -0.3 is 15.2 Å². The summed E-state index contributed by atoms with van der Waals surface area (Å²) in [7, 11) is 0. The van der Waals surface area contributed by atoms with Gasteiger partial charge in [0, 0.05) is 6.54 Å². The Hall–Kier alpha value is -1.83. The van der Waals surface area contributed by atoms with E-state index in [0.717, 1.165) is 19.3 Å². The van der Waals surface area contributed by atoms with Crippen LogP contribution in [0.5, 0.6) is 0 Å². The molecule has 0 spiro atoms. The zero-order valence-electron chi connectivity index (χ0n) is 15.7. The zero-order chi connectivity index (χ0) is 18.8. The maximum atomic E-state index is 11.8. The summed E-state index contributed by atoms with van der Waals surface area (Å²) in [5.41, 5.74) is 4.14. The molecule has 0 aromatic carbocycles. The number of amides is 2. The monoisotopic (exact) mass is 344 g/mol. The van der Waals surface area contributed by atoms with Crippen LogP contribution in [0.4, 0.5) is 9.59 Å². The fourth-order valence-electron chi connectivity index (χ4n) is 1.53. The van der Waals surface area contributed by atoms with E-state index in [1.807, 2.05) is 0 Å². The molecule has 0 unspecified atom stereocenters. The molecule has 0 saturated carbocycles. The Kier molecular flexibility index (Phi) is 9.35. The van der Waals surface area contributed by atoms with E-state index < -0.39 is 23.4 Å². The van der Waals surface area contributed by atoms with Crippen molar-refractivity contribution >= 4 is 18.1 Å². The van der Waals surface area contributed by atoms with Gasteiger partial charge in [0.05, 0.1) is 0 Å². The maximum Gasteiger partial charge on any atom is 0.414 e. The van der Waals surface area contributed by atoms with E-state index in [1.165, 1.54) is 0 Å². The Bertz CT molecular complexity index is 404. The number of alkyl carbamates (subject to hydrolysis) is 2. The van der Waals surface area contributed by atoms with Crippen molar-refractivity contribution in [2.45, 2.75) is 72.0 Å². The van der Waals surface area contributed by atoms with Gasteiger partial charge in [0.1, 0.15) is 11.2 Å². The lowest BCUT2D eigenvalue weighted by molar-refractivity contribution is 0.0545. The van der Waals surface area contributed by atoms with Crippen LogP contribution in [0.1, 0.15) is 60.8 Å². The molecular weight excluding hydrogens is 312 g/mol. The molecule has 0 saturated heterocycles. The number of nitrogens with two attached hydrogens (primary N) is 1. The summed E-state index contributed by atoms with van der Waals surface area (Å²) in [5.74, 6) is 0.00579. The average Bonchev–Trinajstić information content (AvgIpc) is 2.33. The Morgan fingerprint density at radius 3 is 1.71 bits per heavy atom. The zero-order valence-corrected chi connectivity index (χ0v) is 15.7. The number of ether oxygens (including phenoxy) is 2. The molecule has 8 nitrogen and oxygen atoms in total. The van der Waals surface area contributed by atoms with E-state index in [1.54, 1.807) is 41.5 Å². The number of carbonyl (C=O) groups is 2. The van der Waals surface area contributed by atoms with Crippen LogP contribution in [0.15, 0.2) is 4.99 Å². The summed E-state index contributed by atoms with van der Waals surface area (Å²) in [6, 6.07) is 0. The number of hydrogen-bond acceptors (Lipinski definition) is 6. The molecule has 0 rings (SSSR count). The molecule has 0 aromatic heterocycles. The van der Waals surface area contributed by atoms with Crippen LogP contribution in [0.2, 0.25) is 0 Å². The van der Waals surface area contributed by atoms with Crippen LogP contribution in [-0.4, -0.2) is 42.4 Å². The number of rotatable bonds is 5. The van der Waals surface area contributed by atoms with Crippen molar-refractivity contribution in [1.29, 1.82) is 0 Å². The largest absolute Gasteiger partial charge is 0.444 e. The van der Waals surface area contributed by atoms with Gasteiger partial charge in [-0.3, -0.25) is 15.6 Å². The van der Waals surface area contributed by atoms with Gasteiger partial charge in [0.25, 0.3) is 0 Å². The molecule has 0 aromatic rings. The Balaban J connectivity index is 4.73. The summed E-state index contributed by atoms with van der Waals surface area (Å²) in [6.45, 7) is 11.6. The van der Waals surface area contributed by atoms with Crippen LogP contribution in [-0.2, 0) is 9.47 Å². The highest BCUT2D eigenvalue weighted by Gasteiger charge is 2.21. The van der Waals surface area contributed by atoms with Gasteiger partial charge in [-0.1, -0.05) is 6.42 Å². The smallest absolute Gasteiger partial charge is 0.414 e. The summed E-state index contributed by atoms with van der Waals surface area (Å²) >= 11 is 0. The highest BCUT2D eigenvalue weighted by Crippen LogP contribution is 2.07. The third-order valence-corrected chi connectivity index (χ3v) is 2.37. The second kappa shape index (κ2) is 10.1. The molecule has 0 heterocycles. The van der Waals surface area contributed by atoms with Crippen LogP contribution >= 0.6 is 0 Å². The fraction of sp³-hybridized carbons (Fsp3) is 0.812. The molecule has 4 N–H and O–H groups in total. The minimum atomic E-state index is -0.695. The third kappa shape index (κ3) is 13.8. The molecule has 0 bridgehead atoms. The first kappa shape index (κ1) is 22.2. The van der Waals surface area contributed by atoms with Crippen LogP contribution in [0.3, 0.4) is 0 Å². The van der Waals surface area contributed by atoms with Gasteiger partial charge in [-0.2, -0.15) is 0 Å². The summed E-state index contributed by atoms with van der Waals surface area (Å²) in [6.07, 6.45) is 1.24. The topological polar surface area (TPSA) is 115 Å². The molecular formula is C16H32N4O4. The molecule has 0 aliphatic carbocycles. The normalized spacial score (nSPS) is 11.5. The van der Waals surface area contributed by atoms with Crippen molar-refractivity contribution in [3.8, 4) is 0 Å². The SMILES string of the molecule is CC(C)(C)OC(=O)NC(=NCCCCCN)NC(=O)OC(C)(C)C. The van der Waals surface area contributed by atoms with Crippen LogP contribution in [0.25, 0.3) is 0 Å². The lowest BCUT2D eigenvalue weighted by Gasteiger charge is -2.22. The lowest BCUT2D eigenvalue weighted by atomic mass is 10.2. The van der Waals surface area contributed by atoms with E-state index in [0.29, 0.717) is 13.1 Å². The van der Waals surface area contributed by atoms with Gasteiger partial charge in [0.2, 0.25) is 5.96 Å². The minimum Gasteiger partial charge on any atom is -0.444 e. The first-order valence-corrected chi connectivity index (χ1v) is 8.17. The first-order valence-electron chi connectivity index (χ1n) is 8.17. The van der Waals surface area contributed by atoms with E-state index >= 15 is 0 Å². The number of carbonyl (C=O) groups excluding carboxylic acids is 2. The Labute approximate surface area is 144 Å². The molecule has 0 aliphatic rings. The Morgan fingerprint density at radius 1 is 0.875 bits per heavy atom. The van der Waals surface area contributed by atoms with Gasteiger partial charge in [-0.25, -0.2) is 9.59 Å². The van der Waals surface area contributed by atoms with E-state index in [-0.39, 0.29) is 5.96 Å². The summed E-state index contributed by atoms with van der Waals surface area (Å²) in [4.78, 5) is 27.9. The average molecular weight is 344 g/mol. The fourth-order valence-corrected chi connectivity index (χ4v) is 1.53. The number of nitrogens with zero attached hydrogens (tertiary/aromatic N) is 1. The highest BCUT2D eigenvalue weighted by atomic mass is 16.6. The molecule has 0 aliphatic heterocycles. The van der Waals surface area contributed by atoms with Crippen molar-refractivity contribution in [3.05, 3.63) is 0 Å². The van der Waals surface area contributed by atoms with Crippen molar-refractivity contribution in [2.75, 3.05) is 13.1 Å².